The van der Waals surface area contributed by atoms with Crippen molar-refractivity contribution < 1.29 is 0 Å². The molecule has 0 aliphatic carbocycles. The Morgan fingerprint density at radius 2 is 2.31 bits per heavy atom. The van der Waals surface area contributed by atoms with Crippen LogP contribution in [0.5, 0.6) is 0 Å². The molecule has 1 fully saturated rings. The highest BCUT2D eigenvalue weighted by atomic mass is 15.2. The van der Waals surface area contributed by atoms with E-state index in [2.05, 4.69) is 48.5 Å². The van der Waals surface area contributed by atoms with Crippen molar-refractivity contribution in [2.75, 3.05) is 25.0 Å². The molecule has 1 aromatic carbocycles. The molecule has 2 rings (SSSR count). The summed E-state index contributed by atoms with van der Waals surface area (Å²) in [6.07, 6.45) is 3.72. The largest absolute Gasteiger partial charge is 0.370 e. The number of anilines is 1. The Labute approximate surface area is 98.7 Å². The zero-order chi connectivity index (χ0) is 11.4. The van der Waals surface area contributed by atoms with E-state index in [9.17, 15) is 0 Å². The number of hydrogen-bond donors (Lipinski definition) is 1. The maximum Gasteiger partial charge on any atom is 0.0369 e. The number of likely N-dealkylation sites (N-methyl/N-ethyl adjacent to an activating group) is 1. The minimum atomic E-state index is 0.652. The SMILES string of the molecule is CCc1cccc(N2CCCC(NC)C2)c1. The molecular formula is C14H22N2. The molecule has 0 spiro atoms. The van der Waals surface area contributed by atoms with Gasteiger partial charge in [-0.1, -0.05) is 19.1 Å². The highest BCUT2D eigenvalue weighted by molar-refractivity contribution is 5.49. The minimum Gasteiger partial charge on any atom is -0.370 e. The molecule has 0 aromatic heterocycles. The van der Waals surface area contributed by atoms with Crippen LogP contribution in [0, 0.1) is 0 Å². The zero-order valence-corrected chi connectivity index (χ0v) is 10.4. The lowest BCUT2D eigenvalue weighted by atomic mass is 10.0. The molecule has 0 bridgehead atoms. The van der Waals surface area contributed by atoms with E-state index in [1.165, 1.54) is 30.6 Å². The number of nitrogens with one attached hydrogen (secondary N) is 1. The van der Waals surface area contributed by atoms with Crippen LogP contribution < -0.4 is 10.2 Å². The van der Waals surface area contributed by atoms with E-state index in [1.807, 2.05) is 0 Å². The van der Waals surface area contributed by atoms with Crippen molar-refractivity contribution in [2.45, 2.75) is 32.2 Å². The number of benzene rings is 1. The molecule has 2 heteroatoms. The topological polar surface area (TPSA) is 15.3 Å². The fourth-order valence-electron chi connectivity index (χ4n) is 2.42. The van der Waals surface area contributed by atoms with Crippen LogP contribution in [-0.2, 0) is 6.42 Å². The maximum atomic E-state index is 3.39. The molecule has 1 aliphatic rings. The van der Waals surface area contributed by atoms with Gasteiger partial charge in [0.05, 0.1) is 0 Å². The molecular weight excluding hydrogens is 196 g/mol. The molecule has 1 saturated heterocycles. The van der Waals surface area contributed by atoms with E-state index in [0.29, 0.717) is 6.04 Å². The highest BCUT2D eigenvalue weighted by Gasteiger charge is 2.18. The van der Waals surface area contributed by atoms with E-state index >= 15 is 0 Å². The number of nitrogens with zero attached hydrogens (tertiary/aromatic N) is 1. The van der Waals surface area contributed by atoms with Crippen LogP contribution in [0.25, 0.3) is 0 Å². The standard InChI is InChI=1S/C14H22N2/c1-3-12-6-4-8-14(10-12)16-9-5-7-13(11-16)15-2/h4,6,8,10,13,15H,3,5,7,9,11H2,1-2H3. The van der Waals surface area contributed by atoms with Gasteiger partial charge >= 0.3 is 0 Å². The molecule has 16 heavy (non-hydrogen) atoms. The van der Waals surface area contributed by atoms with Gasteiger partial charge in [-0.2, -0.15) is 0 Å². The molecule has 2 nitrogen and oxygen atoms in total. The fourth-order valence-corrected chi connectivity index (χ4v) is 2.42. The second kappa shape index (κ2) is 5.35. The third-order valence-corrected chi connectivity index (χ3v) is 3.51. The molecule has 0 radical (unpaired) electrons. The van der Waals surface area contributed by atoms with Gasteiger partial charge in [0, 0.05) is 24.8 Å². The van der Waals surface area contributed by atoms with Crippen molar-refractivity contribution in [1.29, 1.82) is 0 Å². The number of hydrogen-bond acceptors (Lipinski definition) is 2. The van der Waals surface area contributed by atoms with Crippen LogP contribution in [0.2, 0.25) is 0 Å². The van der Waals surface area contributed by atoms with Crippen molar-refractivity contribution in [3.8, 4) is 0 Å². The van der Waals surface area contributed by atoms with Gasteiger partial charge in [0.25, 0.3) is 0 Å². The molecule has 1 atom stereocenters. The summed E-state index contributed by atoms with van der Waals surface area (Å²) in [5.74, 6) is 0. The van der Waals surface area contributed by atoms with E-state index < -0.39 is 0 Å². The molecule has 88 valence electrons. The van der Waals surface area contributed by atoms with Crippen LogP contribution in [0.3, 0.4) is 0 Å². The molecule has 1 heterocycles. The van der Waals surface area contributed by atoms with Gasteiger partial charge < -0.3 is 10.2 Å². The Hall–Kier alpha value is -1.02. The molecule has 1 N–H and O–H groups in total. The normalized spacial score (nSPS) is 21.1. The first-order valence-corrected chi connectivity index (χ1v) is 6.34. The molecule has 1 aromatic rings. The second-order valence-electron chi connectivity index (χ2n) is 4.60. The lowest BCUT2D eigenvalue weighted by Crippen LogP contribution is -2.44. The van der Waals surface area contributed by atoms with Gasteiger partial charge in [0.15, 0.2) is 0 Å². The van der Waals surface area contributed by atoms with Crippen molar-refractivity contribution >= 4 is 5.69 Å². The molecule has 1 aliphatic heterocycles. The first-order chi connectivity index (χ1) is 7.83. The van der Waals surface area contributed by atoms with Gasteiger partial charge in [0.2, 0.25) is 0 Å². The van der Waals surface area contributed by atoms with Crippen LogP contribution >= 0.6 is 0 Å². The van der Waals surface area contributed by atoms with Crippen molar-refractivity contribution in [3.05, 3.63) is 29.8 Å². The van der Waals surface area contributed by atoms with Gasteiger partial charge in [-0.3, -0.25) is 0 Å². The Balaban J connectivity index is 2.10. The Morgan fingerprint density at radius 1 is 1.44 bits per heavy atom. The lowest BCUT2D eigenvalue weighted by molar-refractivity contribution is 0.449. The van der Waals surface area contributed by atoms with Crippen molar-refractivity contribution in [3.63, 3.8) is 0 Å². The smallest absolute Gasteiger partial charge is 0.0369 e. The van der Waals surface area contributed by atoms with E-state index in [-0.39, 0.29) is 0 Å². The van der Waals surface area contributed by atoms with E-state index in [0.717, 1.165) is 13.0 Å². The number of piperidine rings is 1. The molecule has 0 saturated carbocycles. The second-order valence-corrected chi connectivity index (χ2v) is 4.60. The van der Waals surface area contributed by atoms with Crippen LogP contribution in [0.15, 0.2) is 24.3 Å². The van der Waals surface area contributed by atoms with Crippen molar-refractivity contribution in [1.82, 2.24) is 5.32 Å². The average molecular weight is 218 g/mol. The Kier molecular flexibility index (Phi) is 3.83. The summed E-state index contributed by atoms with van der Waals surface area (Å²) in [6, 6.07) is 9.61. The first kappa shape index (κ1) is 11.5. The predicted molar refractivity (Wildman–Crippen MR) is 70.1 cm³/mol. The molecule has 0 amide bonds. The van der Waals surface area contributed by atoms with E-state index in [4.69, 9.17) is 0 Å². The summed E-state index contributed by atoms with van der Waals surface area (Å²) in [5.41, 5.74) is 2.82. The third kappa shape index (κ3) is 2.56. The van der Waals surface area contributed by atoms with Crippen LogP contribution in [0.4, 0.5) is 5.69 Å². The number of rotatable bonds is 3. The van der Waals surface area contributed by atoms with Crippen LogP contribution in [0.1, 0.15) is 25.3 Å². The zero-order valence-electron chi connectivity index (χ0n) is 10.4. The summed E-state index contributed by atoms with van der Waals surface area (Å²) in [6.45, 7) is 4.56. The third-order valence-electron chi connectivity index (χ3n) is 3.51. The summed E-state index contributed by atoms with van der Waals surface area (Å²) in [5, 5.41) is 3.39. The summed E-state index contributed by atoms with van der Waals surface area (Å²) >= 11 is 0. The fraction of sp³-hybridized carbons (Fsp3) is 0.571. The minimum absolute atomic E-state index is 0.652. The maximum absolute atomic E-state index is 3.39. The predicted octanol–water partition coefficient (Wildman–Crippen LogP) is 2.44. The average Bonchev–Trinajstić information content (AvgIpc) is 2.39. The summed E-state index contributed by atoms with van der Waals surface area (Å²) in [4.78, 5) is 2.50. The lowest BCUT2D eigenvalue weighted by Gasteiger charge is -2.34. The monoisotopic (exact) mass is 218 g/mol. The summed E-state index contributed by atoms with van der Waals surface area (Å²) < 4.78 is 0. The van der Waals surface area contributed by atoms with Crippen LogP contribution in [-0.4, -0.2) is 26.2 Å². The summed E-state index contributed by atoms with van der Waals surface area (Å²) in [7, 11) is 2.07. The van der Waals surface area contributed by atoms with Gasteiger partial charge in [0.1, 0.15) is 0 Å². The Bertz CT molecular complexity index is 335. The highest BCUT2D eigenvalue weighted by Crippen LogP contribution is 2.21. The quantitative estimate of drug-likeness (QED) is 0.838. The van der Waals surface area contributed by atoms with E-state index in [1.54, 1.807) is 0 Å². The first-order valence-electron chi connectivity index (χ1n) is 6.34. The molecule has 1 unspecified atom stereocenters. The van der Waals surface area contributed by atoms with Gasteiger partial charge in [-0.25, -0.2) is 0 Å². The van der Waals surface area contributed by atoms with Gasteiger partial charge in [-0.05, 0) is 44.0 Å². The number of aryl methyl sites for hydroxylation is 1. The Morgan fingerprint density at radius 3 is 3.06 bits per heavy atom. The van der Waals surface area contributed by atoms with Gasteiger partial charge in [-0.15, -0.1) is 0 Å². The van der Waals surface area contributed by atoms with Crippen molar-refractivity contribution in [2.24, 2.45) is 0 Å².